The van der Waals surface area contributed by atoms with Crippen LogP contribution in [0.25, 0.3) is 0 Å². The van der Waals surface area contributed by atoms with Gasteiger partial charge >= 0.3 is 0 Å². The fourth-order valence-electron chi connectivity index (χ4n) is 0.369. The summed E-state index contributed by atoms with van der Waals surface area (Å²) in [5.41, 5.74) is 0. The molecule has 0 aliphatic heterocycles. The number of aliphatic imine (C=N–C) groups is 1. The molecule has 0 aromatic carbocycles. The summed E-state index contributed by atoms with van der Waals surface area (Å²) in [5.74, 6) is 0.632. The van der Waals surface area contributed by atoms with Crippen molar-refractivity contribution in [3.63, 3.8) is 0 Å². The van der Waals surface area contributed by atoms with Gasteiger partial charge in [0.2, 0.25) is 0 Å². The van der Waals surface area contributed by atoms with Crippen LogP contribution in [0.4, 0.5) is 0 Å². The molecular weight excluding hydrogens is 112 g/mol. The summed E-state index contributed by atoms with van der Waals surface area (Å²) in [5, 5.41) is 2.78. The summed E-state index contributed by atoms with van der Waals surface area (Å²) in [4.78, 5) is 4.05. The van der Waals surface area contributed by atoms with E-state index in [1.165, 1.54) is 0 Å². The van der Waals surface area contributed by atoms with Crippen LogP contribution in [0.2, 0.25) is 0 Å². The molecule has 9 heavy (non-hydrogen) atoms. The quantitative estimate of drug-likeness (QED) is 0.447. The van der Waals surface area contributed by atoms with Crippen molar-refractivity contribution in [1.29, 1.82) is 0 Å². The minimum atomic E-state index is 0.632. The van der Waals surface area contributed by atoms with Gasteiger partial charge in [0, 0.05) is 6.54 Å². The van der Waals surface area contributed by atoms with Crippen LogP contribution in [-0.2, 0) is 0 Å². The molecule has 0 heterocycles. The number of nitrogens with zero attached hydrogens (tertiary/aromatic N) is 1. The van der Waals surface area contributed by atoms with Crippen molar-refractivity contribution >= 4 is 6.34 Å². The van der Waals surface area contributed by atoms with Crippen LogP contribution >= 0.6 is 0 Å². The largest absolute Gasteiger partial charge is 0.354 e. The second kappa shape index (κ2) is 5.35. The maximum absolute atomic E-state index is 4.05. The van der Waals surface area contributed by atoms with Crippen molar-refractivity contribution < 1.29 is 0 Å². The molecule has 0 bridgehead atoms. The van der Waals surface area contributed by atoms with Gasteiger partial charge in [0.05, 0.1) is 6.34 Å². The van der Waals surface area contributed by atoms with Gasteiger partial charge in [-0.2, -0.15) is 0 Å². The molecule has 0 saturated heterocycles. The van der Waals surface area contributed by atoms with Gasteiger partial charge in [0.15, 0.2) is 0 Å². The van der Waals surface area contributed by atoms with Gasteiger partial charge in [-0.3, -0.25) is 4.99 Å². The zero-order valence-electron chi connectivity index (χ0n) is 6.09. The fraction of sp³-hybridized carbons (Fsp3) is 0.571. The summed E-state index contributed by atoms with van der Waals surface area (Å²) < 4.78 is 0. The van der Waals surface area contributed by atoms with E-state index < -0.39 is 0 Å². The minimum absolute atomic E-state index is 0.632. The molecule has 0 amide bonds. The van der Waals surface area contributed by atoms with Crippen LogP contribution in [0.15, 0.2) is 17.8 Å². The number of rotatable bonds is 4. The van der Waals surface area contributed by atoms with E-state index in [9.17, 15) is 0 Å². The lowest BCUT2D eigenvalue weighted by molar-refractivity contribution is 0.666. The zero-order chi connectivity index (χ0) is 7.11. The van der Waals surface area contributed by atoms with E-state index in [0.29, 0.717) is 5.92 Å². The van der Waals surface area contributed by atoms with Gasteiger partial charge < -0.3 is 5.32 Å². The van der Waals surface area contributed by atoms with E-state index in [-0.39, 0.29) is 0 Å². The van der Waals surface area contributed by atoms with E-state index >= 15 is 0 Å². The predicted molar refractivity (Wildman–Crippen MR) is 41.5 cm³/mol. The topological polar surface area (TPSA) is 24.4 Å². The summed E-state index contributed by atoms with van der Waals surface area (Å²) >= 11 is 0. The molecule has 0 rings (SSSR count). The standard InChI is InChI=1S/C7H14N2/c1-4-8-6-9-5-7(2)3/h4,6-7H,1,5H2,2-3H3,(H,8,9). The van der Waals surface area contributed by atoms with Crippen LogP contribution in [0.5, 0.6) is 0 Å². The Balaban J connectivity index is 3.14. The highest BCUT2D eigenvalue weighted by molar-refractivity contribution is 5.55. The molecule has 0 atom stereocenters. The third-order valence-corrected chi connectivity index (χ3v) is 0.754. The molecule has 0 aliphatic rings. The number of nitrogens with one attached hydrogen (secondary N) is 1. The molecule has 0 radical (unpaired) electrons. The van der Waals surface area contributed by atoms with Crippen molar-refractivity contribution in [3.05, 3.63) is 12.8 Å². The van der Waals surface area contributed by atoms with Gasteiger partial charge in [-0.15, -0.1) is 0 Å². The van der Waals surface area contributed by atoms with E-state index in [1.54, 1.807) is 12.5 Å². The molecule has 0 unspecified atom stereocenters. The molecular formula is C7H14N2. The van der Waals surface area contributed by atoms with Gasteiger partial charge in [-0.25, -0.2) is 0 Å². The Morgan fingerprint density at radius 3 is 2.78 bits per heavy atom. The summed E-state index contributed by atoms with van der Waals surface area (Å²) in [7, 11) is 0. The van der Waals surface area contributed by atoms with Gasteiger partial charge in [0.25, 0.3) is 0 Å². The second-order valence-electron chi connectivity index (χ2n) is 2.26. The molecule has 2 heteroatoms. The summed E-state index contributed by atoms with van der Waals surface area (Å²) in [6.07, 6.45) is 3.26. The smallest absolute Gasteiger partial charge is 0.0863 e. The summed E-state index contributed by atoms with van der Waals surface area (Å²) in [6, 6.07) is 0. The van der Waals surface area contributed by atoms with Crippen molar-refractivity contribution in [3.8, 4) is 0 Å². The first-order chi connectivity index (χ1) is 4.27. The zero-order valence-corrected chi connectivity index (χ0v) is 6.09. The SMILES string of the molecule is C=CNC=NCC(C)C. The molecule has 0 aliphatic carbocycles. The van der Waals surface area contributed by atoms with Crippen molar-refractivity contribution in [2.24, 2.45) is 10.9 Å². The molecule has 0 aromatic heterocycles. The highest BCUT2D eigenvalue weighted by Gasteiger charge is 1.85. The monoisotopic (exact) mass is 126 g/mol. The van der Waals surface area contributed by atoms with Gasteiger partial charge in [0.1, 0.15) is 0 Å². The van der Waals surface area contributed by atoms with Crippen molar-refractivity contribution in [1.82, 2.24) is 5.32 Å². The summed E-state index contributed by atoms with van der Waals surface area (Å²) in [6.45, 7) is 8.61. The maximum Gasteiger partial charge on any atom is 0.0863 e. The average Bonchev–Trinajstić information content (AvgIpc) is 1.80. The molecule has 0 spiro atoms. The van der Waals surface area contributed by atoms with Crippen LogP contribution in [0.3, 0.4) is 0 Å². The van der Waals surface area contributed by atoms with Crippen LogP contribution in [0, 0.1) is 5.92 Å². The Morgan fingerprint density at radius 2 is 2.33 bits per heavy atom. The first-order valence-electron chi connectivity index (χ1n) is 3.12. The first-order valence-corrected chi connectivity index (χ1v) is 3.12. The Hall–Kier alpha value is -0.790. The Kier molecular flexibility index (Phi) is 4.88. The van der Waals surface area contributed by atoms with Crippen molar-refractivity contribution in [2.75, 3.05) is 6.54 Å². The van der Waals surface area contributed by atoms with E-state index in [0.717, 1.165) is 6.54 Å². The minimum Gasteiger partial charge on any atom is -0.354 e. The number of hydrogen-bond acceptors (Lipinski definition) is 1. The molecule has 0 saturated carbocycles. The molecule has 0 aromatic rings. The van der Waals surface area contributed by atoms with Crippen LogP contribution in [-0.4, -0.2) is 12.9 Å². The lowest BCUT2D eigenvalue weighted by Crippen LogP contribution is -2.01. The molecule has 2 nitrogen and oxygen atoms in total. The third kappa shape index (κ3) is 7.21. The maximum atomic E-state index is 4.05. The Morgan fingerprint density at radius 1 is 1.67 bits per heavy atom. The van der Waals surface area contributed by atoms with E-state index in [1.807, 2.05) is 0 Å². The molecule has 0 fully saturated rings. The Bertz CT molecular complexity index is 95.1. The highest BCUT2D eigenvalue weighted by Crippen LogP contribution is 1.89. The number of hydrogen-bond donors (Lipinski definition) is 1. The van der Waals surface area contributed by atoms with Crippen molar-refractivity contribution in [2.45, 2.75) is 13.8 Å². The van der Waals surface area contributed by atoms with E-state index in [4.69, 9.17) is 0 Å². The average molecular weight is 126 g/mol. The van der Waals surface area contributed by atoms with Gasteiger partial charge in [-0.1, -0.05) is 20.4 Å². The predicted octanol–water partition coefficient (Wildman–Crippen LogP) is 1.40. The normalized spacial score (nSPS) is 10.6. The lowest BCUT2D eigenvalue weighted by Gasteiger charge is -1.95. The first kappa shape index (κ1) is 8.21. The Labute approximate surface area is 56.7 Å². The third-order valence-electron chi connectivity index (χ3n) is 0.754. The lowest BCUT2D eigenvalue weighted by atomic mass is 10.2. The highest BCUT2D eigenvalue weighted by atomic mass is 14.9. The fourth-order valence-corrected chi connectivity index (χ4v) is 0.369. The molecule has 1 N–H and O–H groups in total. The molecule has 52 valence electrons. The van der Waals surface area contributed by atoms with Crippen LogP contribution in [0.1, 0.15) is 13.8 Å². The van der Waals surface area contributed by atoms with E-state index in [2.05, 4.69) is 30.7 Å². The van der Waals surface area contributed by atoms with Gasteiger partial charge in [-0.05, 0) is 12.1 Å². The second-order valence-corrected chi connectivity index (χ2v) is 2.26. The van der Waals surface area contributed by atoms with Crippen LogP contribution < -0.4 is 5.32 Å².